The maximum atomic E-state index is 3.53. The van der Waals surface area contributed by atoms with Crippen molar-refractivity contribution in [3.63, 3.8) is 0 Å². The molecule has 0 amide bonds. The van der Waals surface area contributed by atoms with Crippen LogP contribution >= 0.6 is 0 Å². The third kappa shape index (κ3) is 9.84. The Bertz CT molecular complexity index is 102. The van der Waals surface area contributed by atoms with Crippen molar-refractivity contribution in [1.29, 1.82) is 0 Å². The van der Waals surface area contributed by atoms with Crippen molar-refractivity contribution in [1.82, 2.24) is 10.2 Å². The summed E-state index contributed by atoms with van der Waals surface area (Å²) in [6, 6.07) is 0.687. The quantitative estimate of drug-likeness (QED) is 0.584. The molecule has 0 rings (SSSR count). The number of unbranched alkanes of at least 4 members (excludes halogenated alkanes) is 2. The minimum absolute atomic E-state index is 0.687. The molecule has 0 fully saturated rings. The zero-order valence-electron chi connectivity index (χ0n) is 9.77. The zero-order chi connectivity index (χ0) is 10.1. The van der Waals surface area contributed by atoms with Gasteiger partial charge in [0.2, 0.25) is 0 Å². The van der Waals surface area contributed by atoms with Crippen molar-refractivity contribution in [3.8, 4) is 0 Å². The summed E-state index contributed by atoms with van der Waals surface area (Å²) in [4.78, 5) is 2.21. The molecule has 0 aliphatic rings. The summed E-state index contributed by atoms with van der Waals surface area (Å²) in [5.41, 5.74) is 0. The van der Waals surface area contributed by atoms with Gasteiger partial charge in [-0.2, -0.15) is 0 Å². The van der Waals surface area contributed by atoms with Gasteiger partial charge in [0.1, 0.15) is 0 Å². The number of rotatable bonds is 8. The first-order valence-electron chi connectivity index (χ1n) is 5.55. The van der Waals surface area contributed by atoms with Gasteiger partial charge in [0, 0.05) is 19.1 Å². The summed E-state index contributed by atoms with van der Waals surface area (Å²) in [5.74, 6) is 0. The molecule has 0 bridgehead atoms. The fraction of sp³-hybridized carbons (Fsp3) is 1.00. The van der Waals surface area contributed by atoms with Gasteiger partial charge < -0.3 is 10.2 Å². The Kier molecular flexibility index (Phi) is 8.46. The molecule has 0 heterocycles. The molecule has 0 aromatic carbocycles. The van der Waals surface area contributed by atoms with Gasteiger partial charge in [0.25, 0.3) is 0 Å². The molecular formula is C11H26N2. The van der Waals surface area contributed by atoms with Gasteiger partial charge in [-0.05, 0) is 27.4 Å². The predicted molar refractivity (Wildman–Crippen MR) is 60.2 cm³/mol. The molecule has 0 saturated heterocycles. The van der Waals surface area contributed by atoms with E-state index in [0.29, 0.717) is 6.04 Å². The van der Waals surface area contributed by atoms with E-state index in [0.717, 1.165) is 13.1 Å². The molecule has 0 aliphatic carbocycles. The van der Waals surface area contributed by atoms with Crippen LogP contribution in [-0.4, -0.2) is 38.1 Å². The van der Waals surface area contributed by atoms with Crippen LogP contribution in [0.25, 0.3) is 0 Å². The van der Waals surface area contributed by atoms with Gasteiger partial charge >= 0.3 is 0 Å². The Morgan fingerprint density at radius 2 is 1.92 bits per heavy atom. The molecule has 1 N–H and O–H groups in total. The lowest BCUT2D eigenvalue weighted by Gasteiger charge is -2.15. The van der Waals surface area contributed by atoms with E-state index in [1.54, 1.807) is 0 Å². The molecular weight excluding hydrogens is 160 g/mol. The SMILES string of the molecule is CCCCCC(C)NCCN(C)C. The Morgan fingerprint density at radius 3 is 2.46 bits per heavy atom. The first-order valence-corrected chi connectivity index (χ1v) is 5.55. The van der Waals surface area contributed by atoms with Crippen LogP contribution in [0.2, 0.25) is 0 Å². The molecule has 13 heavy (non-hydrogen) atoms. The van der Waals surface area contributed by atoms with Crippen molar-refractivity contribution in [2.24, 2.45) is 0 Å². The van der Waals surface area contributed by atoms with Crippen molar-refractivity contribution in [2.45, 2.75) is 45.6 Å². The molecule has 0 aliphatic heterocycles. The van der Waals surface area contributed by atoms with Gasteiger partial charge in [0.05, 0.1) is 0 Å². The lowest BCUT2D eigenvalue weighted by Crippen LogP contribution is -2.32. The monoisotopic (exact) mass is 186 g/mol. The van der Waals surface area contributed by atoms with E-state index in [1.165, 1.54) is 25.7 Å². The van der Waals surface area contributed by atoms with Gasteiger partial charge in [-0.3, -0.25) is 0 Å². The van der Waals surface area contributed by atoms with Crippen LogP contribution in [0.5, 0.6) is 0 Å². The highest BCUT2D eigenvalue weighted by atomic mass is 15.1. The molecule has 1 unspecified atom stereocenters. The second-order valence-corrected chi connectivity index (χ2v) is 4.15. The third-order valence-corrected chi connectivity index (χ3v) is 2.29. The van der Waals surface area contributed by atoms with Crippen LogP contribution in [-0.2, 0) is 0 Å². The zero-order valence-corrected chi connectivity index (χ0v) is 9.77. The highest BCUT2D eigenvalue weighted by molar-refractivity contribution is 4.61. The predicted octanol–water partition coefficient (Wildman–Crippen LogP) is 2.11. The van der Waals surface area contributed by atoms with Crippen molar-refractivity contribution in [3.05, 3.63) is 0 Å². The minimum Gasteiger partial charge on any atom is -0.313 e. The van der Waals surface area contributed by atoms with Crippen LogP contribution in [0, 0.1) is 0 Å². The molecule has 0 aromatic rings. The van der Waals surface area contributed by atoms with Gasteiger partial charge in [-0.25, -0.2) is 0 Å². The van der Waals surface area contributed by atoms with Gasteiger partial charge in [0.15, 0.2) is 0 Å². The third-order valence-electron chi connectivity index (χ3n) is 2.29. The van der Waals surface area contributed by atoms with Crippen molar-refractivity contribution in [2.75, 3.05) is 27.2 Å². The maximum absolute atomic E-state index is 3.53. The van der Waals surface area contributed by atoms with E-state index in [9.17, 15) is 0 Å². The molecule has 0 saturated carbocycles. The summed E-state index contributed by atoms with van der Waals surface area (Å²) in [6.07, 6.45) is 5.39. The van der Waals surface area contributed by atoms with Crippen LogP contribution in [0.15, 0.2) is 0 Å². The van der Waals surface area contributed by atoms with Crippen molar-refractivity contribution < 1.29 is 0 Å². The van der Waals surface area contributed by atoms with Crippen LogP contribution < -0.4 is 5.32 Å². The fourth-order valence-corrected chi connectivity index (χ4v) is 1.34. The van der Waals surface area contributed by atoms with E-state index in [-0.39, 0.29) is 0 Å². The number of hydrogen-bond donors (Lipinski definition) is 1. The average Bonchev–Trinajstić information content (AvgIpc) is 2.04. The summed E-state index contributed by atoms with van der Waals surface area (Å²) in [7, 11) is 4.23. The Hall–Kier alpha value is -0.0800. The molecule has 0 aromatic heterocycles. The molecule has 1 atom stereocenters. The number of likely N-dealkylation sites (N-methyl/N-ethyl adjacent to an activating group) is 1. The topological polar surface area (TPSA) is 15.3 Å². The van der Waals surface area contributed by atoms with E-state index in [2.05, 4.69) is 38.2 Å². The number of nitrogens with one attached hydrogen (secondary N) is 1. The lowest BCUT2D eigenvalue weighted by molar-refractivity contribution is 0.380. The standard InChI is InChI=1S/C11H26N2/c1-5-6-7-8-11(2)12-9-10-13(3)4/h11-12H,5-10H2,1-4H3. The molecule has 0 spiro atoms. The second kappa shape index (κ2) is 8.52. The van der Waals surface area contributed by atoms with Crippen LogP contribution in [0.1, 0.15) is 39.5 Å². The Labute approximate surface area is 83.7 Å². The number of nitrogens with zero attached hydrogens (tertiary/aromatic N) is 1. The highest BCUT2D eigenvalue weighted by Gasteiger charge is 1.99. The van der Waals surface area contributed by atoms with E-state index < -0.39 is 0 Å². The first kappa shape index (κ1) is 12.9. The second-order valence-electron chi connectivity index (χ2n) is 4.15. The van der Waals surface area contributed by atoms with Gasteiger partial charge in [-0.15, -0.1) is 0 Å². The maximum Gasteiger partial charge on any atom is 0.0101 e. The molecule has 2 nitrogen and oxygen atoms in total. The Balaban J connectivity index is 3.15. The fourth-order valence-electron chi connectivity index (χ4n) is 1.34. The van der Waals surface area contributed by atoms with Gasteiger partial charge in [-0.1, -0.05) is 26.2 Å². The average molecular weight is 186 g/mol. The van der Waals surface area contributed by atoms with Crippen LogP contribution in [0.3, 0.4) is 0 Å². The lowest BCUT2D eigenvalue weighted by atomic mass is 10.1. The summed E-state index contributed by atoms with van der Waals surface area (Å²) >= 11 is 0. The molecule has 80 valence electrons. The van der Waals surface area contributed by atoms with E-state index in [1.807, 2.05) is 0 Å². The summed E-state index contributed by atoms with van der Waals surface area (Å²) < 4.78 is 0. The molecule has 2 heteroatoms. The number of hydrogen-bond acceptors (Lipinski definition) is 2. The summed E-state index contributed by atoms with van der Waals surface area (Å²) in [5, 5.41) is 3.53. The summed E-state index contributed by atoms with van der Waals surface area (Å²) in [6.45, 7) is 6.79. The van der Waals surface area contributed by atoms with E-state index in [4.69, 9.17) is 0 Å². The first-order chi connectivity index (χ1) is 6.16. The smallest absolute Gasteiger partial charge is 0.0101 e. The van der Waals surface area contributed by atoms with Crippen molar-refractivity contribution >= 4 is 0 Å². The molecule has 0 radical (unpaired) electrons. The largest absolute Gasteiger partial charge is 0.313 e. The van der Waals surface area contributed by atoms with E-state index >= 15 is 0 Å². The highest BCUT2D eigenvalue weighted by Crippen LogP contribution is 2.02. The van der Waals surface area contributed by atoms with Crippen LogP contribution in [0.4, 0.5) is 0 Å². The normalized spacial score (nSPS) is 13.6. The minimum atomic E-state index is 0.687. The Morgan fingerprint density at radius 1 is 1.23 bits per heavy atom.